The molecule has 5 heteroatoms. The monoisotopic (exact) mass is 315 g/mol. The summed E-state index contributed by atoms with van der Waals surface area (Å²) in [4.78, 5) is 2.32. The number of nitrogens with zero attached hydrogens (tertiary/aromatic N) is 3. The van der Waals surface area contributed by atoms with Crippen LogP contribution in [0.4, 0.5) is 0 Å². The normalized spacial score (nSPS) is 18.3. The SMILES string of the molecule is OCCCN(C[C@@H](O)Cn1cccn1)[C@@H]1CCc2ccccc21. The number of hydrogen-bond acceptors (Lipinski definition) is 4. The number of aliphatic hydroxyl groups is 2. The molecule has 23 heavy (non-hydrogen) atoms. The number of rotatable bonds is 8. The Labute approximate surface area is 137 Å². The Kier molecular flexibility index (Phi) is 5.43. The summed E-state index contributed by atoms with van der Waals surface area (Å²) in [5.74, 6) is 0. The summed E-state index contributed by atoms with van der Waals surface area (Å²) in [7, 11) is 0. The van der Waals surface area contributed by atoms with Crippen LogP contribution in [0.2, 0.25) is 0 Å². The fourth-order valence-electron chi connectivity index (χ4n) is 3.51. The molecule has 0 bridgehead atoms. The van der Waals surface area contributed by atoms with E-state index in [1.807, 2.05) is 12.3 Å². The smallest absolute Gasteiger partial charge is 0.0862 e. The summed E-state index contributed by atoms with van der Waals surface area (Å²) < 4.78 is 1.76. The van der Waals surface area contributed by atoms with Crippen molar-refractivity contribution >= 4 is 0 Å². The van der Waals surface area contributed by atoms with E-state index in [2.05, 4.69) is 34.3 Å². The Bertz CT molecular complexity index is 600. The highest BCUT2D eigenvalue weighted by Gasteiger charge is 2.28. The molecule has 1 aromatic carbocycles. The van der Waals surface area contributed by atoms with Crippen molar-refractivity contribution in [1.82, 2.24) is 14.7 Å². The zero-order valence-corrected chi connectivity index (χ0v) is 13.4. The summed E-state index contributed by atoms with van der Waals surface area (Å²) >= 11 is 0. The van der Waals surface area contributed by atoms with Gasteiger partial charge < -0.3 is 10.2 Å². The van der Waals surface area contributed by atoms with E-state index < -0.39 is 6.10 Å². The third-order valence-corrected chi connectivity index (χ3v) is 4.55. The van der Waals surface area contributed by atoms with Crippen LogP contribution in [-0.2, 0) is 13.0 Å². The van der Waals surface area contributed by atoms with Gasteiger partial charge in [0.1, 0.15) is 0 Å². The first-order valence-electron chi connectivity index (χ1n) is 8.36. The minimum Gasteiger partial charge on any atom is -0.396 e. The van der Waals surface area contributed by atoms with Crippen molar-refractivity contribution in [3.05, 3.63) is 53.9 Å². The van der Waals surface area contributed by atoms with E-state index in [-0.39, 0.29) is 6.61 Å². The number of aryl methyl sites for hydroxylation is 1. The van der Waals surface area contributed by atoms with E-state index >= 15 is 0 Å². The van der Waals surface area contributed by atoms with Crippen molar-refractivity contribution < 1.29 is 10.2 Å². The van der Waals surface area contributed by atoms with Crippen LogP contribution in [-0.4, -0.2) is 50.7 Å². The first-order chi connectivity index (χ1) is 11.3. The molecule has 0 saturated heterocycles. The molecule has 5 nitrogen and oxygen atoms in total. The van der Waals surface area contributed by atoms with Crippen molar-refractivity contribution in [2.45, 2.75) is 38.0 Å². The Balaban J connectivity index is 1.68. The summed E-state index contributed by atoms with van der Waals surface area (Å²) in [6.45, 7) is 2.07. The van der Waals surface area contributed by atoms with Crippen LogP contribution in [0.15, 0.2) is 42.7 Å². The number of aliphatic hydroxyl groups excluding tert-OH is 2. The lowest BCUT2D eigenvalue weighted by molar-refractivity contribution is 0.0683. The van der Waals surface area contributed by atoms with Crippen molar-refractivity contribution in [2.75, 3.05) is 19.7 Å². The number of benzene rings is 1. The van der Waals surface area contributed by atoms with Crippen LogP contribution in [0.5, 0.6) is 0 Å². The summed E-state index contributed by atoms with van der Waals surface area (Å²) in [5.41, 5.74) is 2.78. The molecule has 2 N–H and O–H groups in total. The second kappa shape index (κ2) is 7.73. The standard InChI is InChI=1S/C18H25N3O2/c22-12-4-10-20(13-16(23)14-21-11-3-9-19-21)18-8-7-15-5-1-2-6-17(15)18/h1-3,5-6,9,11,16,18,22-23H,4,7-8,10,12-14H2/t16-,18-/m1/s1. The molecule has 124 valence electrons. The summed E-state index contributed by atoms with van der Waals surface area (Å²) in [6.07, 6.45) is 6.02. The molecule has 0 fully saturated rings. The van der Waals surface area contributed by atoms with Gasteiger partial charge in [0.15, 0.2) is 0 Å². The molecule has 0 amide bonds. The van der Waals surface area contributed by atoms with Gasteiger partial charge in [0.2, 0.25) is 0 Å². The molecule has 0 aliphatic heterocycles. The van der Waals surface area contributed by atoms with E-state index in [9.17, 15) is 10.2 Å². The lowest BCUT2D eigenvalue weighted by atomic mass is 10.1. The molecule has 3 rings (SSSR count). The Hall–Kier alpha value is -1.69. The van der Waals surface area contributed by atoms with E-state index in [0.717, 1.165) is 25.8 Å². The average Bonchev–Trinajstić information content (AvgIpc) is 3.20. The predicted octanol–water partition coefficient (Wildman–Crippen LogP) is 1.62. The average molecular weight is 315 g/mol. The largest absolute Gasteiger partial charge is 0.396 e. The molecule has 0 spiro atoms. The second-order valence-corrected chi connectivity index (χ2v) is 6.21. The van der Waals surface area contributed by atoms with Gasteiger partial charge >= 0.3 is 0 Å². The zero-order chi connectivity index (χ0) is 16.1. The van der Waals surface area contributed by atoms with Gasteiger partial charge in [-0.1, -0.05) is 24.3 Å². The van der Waals surface area contributed by atoms with Crippen LogP contribution in [0.1, 0.15) is 30.0 Å². The number of fused-ring (bicyclic) bond motifs is 1. The Morgan fingerprint density at radius 2 is 2.17 bits per heavy atom. The minimum absolute atomic E-state index is 0.181. The van der Waals surface area contributed by atoms with Gasteiger partial charge in [0, 0.05) is 38.1 Å². The molecular formula is C18H25N3O2. The van der Waals surface area contributed by atoms with Crippen LogP contribution >= 0.6 is 0 Å². The third-order valence-electron chi connectivity index (χ3n) is 4.55. The van der Waals surface area contributed by atoms with Gasteiger partial charge in [0.05, 0.1) is 12.6 Å². The molecule has 0 unspecified atom stereocenters. The fraction of sp³-hybridized carbons (Fsp3) is 0.500. The van der Waals surface area contributed by atoms with E-state index in [1.54, 1.807) is 10.9 Å². The molecule has 2 atom stereocenters. The van der Waals surface area contributed by atoms with Crippen molar-refractivity contribution in [3.8, 4) is 0 Å². The van der Waals surface area contributed by atoms with Crippen LogP contribution in [0.25, 0.3) is 0 Å². The lowest BCUT2D eigenvalue weighted by Gasteiger charge is -2.31. The first kappa shape index (κ1) is 16.2. The lowest BCUT2D eigenvalue weighted by Crippen LogP contribution is -2.38. The van der Waals surface area contributed by atoms with Gasteiger partial charge in [-0.25, -0.2) is 0 Å². The van der Waals surface area contributed by atoms with E-state index in [4.69, 9.17) is 0 Å². The Morgan fingerprint density at radius 1 is 1.30 bits per heavy atom. The highest BCUT2D eigenvalue weighted by Crippen LogP contribution is 2.35. The van der Waals surface area contributed by atoms with Crippen LogP contribution in [0, 0.1) is 0 Å². The first-order valence-corrected chi connectivity index (χ1v) is 8.36. The molecular weight excluding hydrogens is 290 g/mol. The fourth-order valence-corrected chi connectivity index (χ4v) is 3.51. The maximum absolute atomic E-state index is 10.4. The van der Waals surface area contributed by atoms with Gasteiger partial charge in [-0.3, -0.25) is 9.58 Å². The number of hydrogen-bond donors (Lipinski definition) is 2. The van der Waals surface area contributed by atoms with E-state index in [0.29, 0.717) is 19.1 Å². The van der Waals surface area contributed by atoms with Crippen LogP contribution in [0.3, 0.4) is 0 Å². The highest BCUT2D eigenvalue weighted by atomic mass is 16.3. The van der Waals surface area contributed by atoms with Gasteiger partial charge in [-0.05, 0) is 36.5 Å². The van der Waals surface area contributed by atoms with Crippen molar-refractivity contribution in [1.29, 1.82) is 0 Å². The summed E-state index contributed by atoms with van der Waals surface area (Å²) in [5, 5.41) is 23.8. The maximum atomic E-state index is 10.4. The summed E-state index contributed by atoms with van der Waals surface area (Å²) in [6, 6.07) is 10.8. The van der Waals surface area contributed by atoms with Crippen molar-refractivity contribution in [3.63, 3.8) is 0 Å². The molecule has 1 aliphatic rings. The van der Waals surface area contributed by atoms with Gasteiger partial charge in [-0.2, -0.15) is 5.10 Å². The molecule has 0 saturated carbocycles. The Morgan fingerprint density at radius 3 is 2.96 bits per heavy atom. The predicted molar refractivity (Wildman–Crippen MR) is 89.0 cm³/mol. The van der Waals surface area contributed by atoms with Crippen molar-refractivity contribution in [2.24, 2.45) is 0 Å². The van der Waals surface area contributed by atoms with E-state index in [1.165, 1.54) is 11.1 Å². The van der Waals surface area contributed by atoms with Crippen LogP contribution < -0.4 is 0 Å². The molecule has 1 heterocycles. The molecule has 0 radical (unpaired) electrons. The molecule has 1 aliphatic carbocycles. The quantitative estimate of drug-likeness (QED) is 0.777. The van der Waals surface area contributed by atoms with Gasteiger partial charge in [0.25, 0.3) is 0 Å². The second-order valence-electron chi connectivity index (χ2n) is 6.21. The molecule has 2 aromatic rings. The topological polar surface area (TPSA) is 61.5 Å². The zero-order valence-electron chi connectivity index (χ0n) is 13.4. The number of aromatic nitrogens is 2. The highest BCUT2D eigenvalue weighted by molar-refractivity contribution is 5.34. The minimum atomic E-state index is -0.471. The van der Waals surface area contributed by atoms with Gasteiger partial charge in [-0.15, -0.1) is 0 Å². The molecule has 1 aromatic heterocycles. The maximum Gasteiger partial charge on any atom is 0.0862 e. The third kappa shape index (κ3) is 3.99.